The molecule has 0 spiro atoms. The van der Waals surface area contributed by atoms with Crippen LogP contribution in [0.3, 0.4) is 0 Å². The molecule has 24 heavy (non-hydrogen) atoms. The fourth-order valence-electron chi connectivity index (χ4n) is 2.63. The zero-order valence-corrected chi connectivity index (χ0v) is 14.6. The standard InChI is InChI=1S/C15H22N4O4S/c1-3-23-15(22)19-7-5-18(6-8-19)10(2)13(21)17-14-11(12(16)20)4-9-24-14/h4,9-10H,3,5-8H2,1-2H3,(H2,16,20)(H,17,21)/p+1/t10-/m1/s1. The van der Waals surface area contributed by atoms with E-state index < -0.39 is 5.91 Å². The number of hydrogen-bond acceptors (Lipinski definition) is 5. The predicted molar refractivity (Wildman–Crippen MR) is 90.2 cm³/mol. The molecular weight excluding hydrogens is 332 g/mol. The first kappa shape index (κ1) is 18.2. The molecule has 1 atom stereocenters. The number of carbonyl (C=O) groups excluding carboxylic acids is 3. The van der Waals surface area contributed by atoms with Gasteiger partial charge in [0, 0.05) is 0 Å². The normalized spacial score (nSPS) is 16.5. The first-order valence-electron chi connectivity index (χ1n) is 7.88. The molecule has 0 unspecified atom stereocenters. The number of primary amides is 1. The van der Waals surface area contributed by atoms with Gasteiger partial charge in [0.25, 0.3) is 11.8 Å². The summed E-state index contributed by atoms with van der Waals surface area (Å²) >= 11 is 1.27. The molecule has 0 bridgehead atoms. The van der Waals surface area contributed by atoms with E-state index in [0.29, 0.717) is 43.4 Å². The molecule has 2 heterocycles. The Hall–Kier alpha value is -2.13. The second kappa shape index (κ2) is 8.11. The third kappa shape index (κ3) is 4.24. The van der Waals surface area contributed by atoms with E-state index in [1.54, 1.807) is 23.3 Å². The number of anilines is 1. The highest BCUT2D eigenvalue weighted by Crippen LogP contribution is 2.22. The molecule has 1 aliphatic rings. The fraction of sp³-hybridized carbons (Fsp3) is 0.533. The van der Waals surface area contributed by atoms with Crippen LogP contribution in [0, 0.1) is 0 Å². The molecule has 8 nitrogen and oxygen atoms in total. The van der Waals surface area contributed by atoms with Gasteiger partial charge in [0.05, 0.1) is 38.3 Å². The predicted octanol–water partition coefficient (Wildman–Crippen LogP) is -0.469. The van der Waals surface area contributed by atoms with Gasteiger partial charge in [-0.05, 0) is 25.3 Å². The van der Waals surface area contributed by atoms with E-state index >= 15 is 0 Å². The van der Waals surface area contributed by atoms with Crippen LogP contribution in [0.15, 0.2) is 11.4 Å². The summed E-state index contributed by atoms with van der Waals surface area (Å²) in [6, 6.07) is 1.30. The number of amides is 3. The maximum atomic E-state index is 12.4. The Kier molecular flexibility index (Phi) is 6.16. The van der Waals surface area contributed by atoms with Crippen molar-refractivity contribution in [3.05, 3.63) is 17.0 Å². The van der Waals surface area contributed by atoms with Crippen molar-refractivity contribution in [1.82, 2.24) is 4.90 Å². The van der Waals surface area contributed by atoms with Crippen molar-refractivity contribution in [2.75, 3.05) is 38.1 Å². The van der Waals surface area contributed by atoms with Crippen molar-refractivity contribution in [1.29, 1.82) is 0 Å². The van der Waals surface area contributed by atoms with Crippen LogP contribution in [-0.4, -0.2) is 61.6 Å². The Labute approximate surface area is 144 Å². The lowest BCUT2D eigenvalue weighted by atomic mass is 10.2. The number of ether oxygens (including phenoxy) is 1. The Morgan fingerprint density at radius 1 is 1.42 bits per heavy atom. The third-order valence-electron chi connectivity index (χ3n) is 4.10. The van der Waals surface area contributed by atoms with Crippen molar-refractivity contribution < 1.29 is 24.0 Å². The summed E-state index contributed by atoms with van der Waals surface area (Å²) < 4.78 is 4.99. The van der Waals surface area contributed by atoms with Crippen molar-refractivity contribution in [3.8, 4) is 0 Å². The zero-order chi connectivity index (χ0) is 17.7. The summed E-state index contributed by atoms with van der Waals surface area (Å²) in [7, 11) is 0. The molecule has 1 aromatic heterocycles. The van der Waals surface area contributed by atoms with Gasteiger partial charge in [-0.1, -0.05) is 0 Å². The molecule has 2 rings (SSSR count). The number of hydrogen-bond donors (Lipinski definition) is 3. The van der Waals surface area contributed by atoms with E-state index in [0.717, 1.165) is 4.90 Å². The van der Waals surface area contributed by atoms with Crippen LogP contribution in [0.5, 0.6) is 0 Å². The maximum absolute atomic E-state index is 12.4. The van der Waals surface area contributed by atoms with E-state index in [1.165, 1.54) is 11.3 Å². The van der Waals surface area contributed by atoms with Crippen LogP contribution in [0.25, 0.3) is 0 Å². The second-order valence-electron chi connectivity index (χ2n) is 5.58. The van der Waals surface area contributed by atoms with Crippen LogP contribution in [-0.2, 0) is 9.53 Å². The van der Waals surface area contributed by atoms with Crippen molar-refractivity contribution >= 4 is 34.2 Å². The molecule has 0 radical (unpaired) electrons. The van der Waals surface area contributed by atoms with E-state index in [9.17, 15) is 14.4 Å². The number of quaternary nitrogens is 1. The maximum Gasteiger partial charge on any atom is 0.410 e. The molecule has 0 aromatic carbocycles. The van der Waals surface area contributed by atoms with Gasteiger partial charge < -0.3 is 20.7 Å². The Balaban J connectivity index is 1.89. The Morgan fingerprint density at radius 2 is 2.08 bits per heavy atom. The van der Waals surface area contributed by atoms with Gasteiger partial charge in [-0.25, -0.2) is 4.79 Å². The minimum absolute atomic E-state index is 0.167. The molecule has 1 saturated heterocycles. The van der Waals surface area contributed by atoms with Crippen LogP contribution < -0.4 is 16.0 Å². The largest absolute Gasteiger partial charge is 0.450 e. The fourth-order valence-corrected chi connectivity index (χ4v) is 3.43. The molecule has 1 aromatic rings. The van der Waals surface area contributed by atoms with E-state index in [4.69, 9.17) is 10.5 Å². The summed E-state index contributed by atoms with van der Waals surface area (Å²) in [5.74, 6) is -0.728. The molecule has 132 valence electrons. The van der Waals surface area contributed by atoms with Crippen molar-refractivity contribution in [2.45, 2.75) is 19.9 Å². The molecule has 1 fully saturated rings. The summed E-state index contributed by atoms with van der Waals surface area (Å²) in [6.07, 6.45) is -0.307. The summed E-state index contributed by atoms with van der Waals surface area (Å²) in [4.78, 5) is 38.2. The summed E-state index contributed by atoms with van der Waals surface area (Å²) in [6.45, 7) is 6.41. The molecule has 9 heteroatoms. The highest BCUT2D eigenvalue weighted by molar-refractivity contribution is 7.14. The first-order valence-corrected chi connectivity index (χ1v) is 8.76. The quantitative estimate of drug-likeness (QED) is 0.664. The molecular formula is C15H23N4O4S+. The number of nitrogens with one attached hydrogen (secondary N) is 2. The topological polar surface area (TPSA) is 106 Å². The number of piperazine rings is 1. The van der Waals surface area contributed by atoms with Crippen LogP contribution in [0.1, 0.15) is 24.2 Å². The van der Waals surface area contributed by atoms with Crippen LogP contribution in [0.2, 0.25) is 0 Å². The zero-order valence-electron chi connectivity index (χ0n) is 13.8. The third-order valence-corrected chi connectivity index (χ3v) is 4.93. The number of nitrogens with zero attached hydrogens (tertiary/aromatic N) is 1. The number of rotatable bonds is 5. The van der Waals surface area contributed by atoms with Gasteiger partial charge in [0.1, 0.15) is 5.00 Å². The van der Waals surface area contributed by atoms with E-state index in [1.807, 2.05) is 6.92 Å². The van der Waals surface area contributed by atoms with Crippen molar-refractivity contribution in [2.24, 2.45) is 5.73 Å². The molecule has 1 aliphatic heterocycles. The van der Waals surface area contributed by atoms with Gasteiger partial charge in [0.2, 0.25) is 0 Å². The SMILES string of the molecule is CCOC(=O)N1CC[NH+]([C@H](C)C(=O)Nc2sccc2C(N)=O)CC1. The molecule has 3 amide bonds. The van der Waals surface area contributed by atoms with Gasteiger partial charge in [-0.2, -0.15) is 0 Å². The number of nitrogens with two attached hydrogens (primary N) is 1. The molecule has 4 N–H and O–H groups in total. The van der Waals surface area contributed by atoms with Crippen LogP contribution in [0.4, 0.5) is 9.80 Å². The van der Waals surface area contributed by atoms with E-state index in [2.05, 4.69) is 5.32 Å². The van der Waals surface area contributed by atoms with Crippen molar-refractivity contribution in [3.63, 3.8) is 0 Å². The van der Waals surface area contributed by atoms with Gasteiger partial charge in [0.15, 0.2) is 6.04 Å². The van der Waals surface area contributed by atoms with Gasteiger partial charge in [-0.3, -0.25) is 14.5 Å². The monoisotopic (exact) mass is 355 g/mol. The second-order valence-corrected chi connectivity index (χ2v) is 6.50. The Morgan fingerprint density at radius 3 is 2.67 bits per heavy atom. The highest BCUT2D eigenvalue weighted by Gasteiger charge is 2.31. The van der Waals surface area contributed by atoms with E-state index in [-0.39, 0.29) is 18.0 Å². The number of thiophene rings is 1. The minimum Gasteiger partial charge on any atom is -0.450 e. The smallest absolute Gasteiger partial charge is 0.410 e. The van der Waals surface area contributed by atoms with Gasteiger partial charge >= 0.3 is 6.09 Å². The molecule has 0 saturated carbocycles. The summed E-state index contributed by atoms with van der Waals surface area (Å²) in [5, 5.41) is 4.97. The summed E-state index contributed by atoms with van der Waals surface area (Å²) in [5.41, 5.74) is 5.61. The first-order chi connectivity index (χ1) is 11.4. The average molecular weight is 355 g/mol. The highest BCUT2D eigenvalue weighted by atomic mass is 32.1. The minimum atomic E-state index is -0.561. The molecule has 0 aliphatic carbocycles. The lowest BCUT2D eigenvalue weighted by Gasteiger charge is -2.34. The lowest BCUT2D eigenvalue weighted by molar-refractivity contribution is -0.917. The number of carbonyl (C=O) groups is 3. The lowest BCUT2D eigenvalue weighted by Crippen LogP contribution is -3.19. The van der Waals surface area contributed by atoms with Crippen LogP contribution >= 0.6 is 11.3 Å². The Bertz CT molecular complexity index is 610. The van der Waals surface area contributed by atoms with Gasteiger partial charge in [-0.15, -0.1) is 11.3 Å². The average Bonchev–Trinajstić information content (AvgIpc) is 3.03.